The summed E-state index contributed by atoms with van der Waals surface area (Å²) in [7, 11) is 0. The molecule has 1 atom stereocenters. The van der Waals surface area contributed by atoms with E-state index >= 15 is 0 Å². The fraction of sp³-hybridized carbons (Fsp3) is 0.333. The van der Waals surface area contributed by atoms with Crippen molar-refractivity contribution in [1.29, 1.82) is 0 Å². The van der Waals surface area contributed by atoms with E-state index in [0.29, 0.717) is 10.7 Å². The minimum atomic E-state index is -0.679. The maximum absolute atomic E-state index is 10.7. The summed E-state index contributed by atoms with van der Waals surface area (Å²) in [5.41, 5.74) is 1.38. The van der Waals surface area contributed by atoms with Gasteiger partial charge in [-0.15, -0.1) is 0 Å². The molecule has 1 aromatic carbocycles. The van der Waals surface area contributed by atoms with Crippen molar-refractivity contribution in [2.24, 2.45) is 5.41 Å². The van der Waals surface area contributed by atoms with Gasteiger partial charge in [0.05, 0.1) is 5.70 Å². The zero-order valence-corrected chi connectivity index (χ0v) is 15.0. The van der Waals surface area contributed by atoms with Crippen LogP contribution in [0.25, 0.3) is 9.28 Å². The number of rotatable bonds is 3. The topological polar surface area (TPSA) is 50.9 Å². The van der Waals surface area contributed by atoms with Gasteiger partial charge in [-0.2, -0.15) is 5.10 Å². The summed E-state index contributed by atoms with van der Waals surface area (Å²) in [6.07, 6.45) is 2.38. The predicted octanol–water partition coefficient (Wildman–Crippen LogP) is 4.10. The van der Waals surface area contributed by atoms with Gasteiger partial charge in [-0.3, -0.25) is 0 Å². The lowest BCUT2D eigenvalue weighted by Crippen LogP contribution is -2.30. The van der Waals surface area contributed by atoms with E-state index in [4.69, 9.17) is 11.6 Å². The zero-order valence-electron chi connectivity index (χ0n) is 12.1. The number of aliphatic hydroxyl groups excluding tert-OH is 1. The standard InChI is InChI=1S/C15H17ClIN3O/c1-15(2,3)14(21)13(20-9-18-8-19-20)12(17)10-4-6-11(16)7-5-10/h4-9,14,21H,1-3H3. The molecule has 0 radical (unpaired) electrons. The summed E-state index contributed by atoms with van der Waals surface area (Å²) in [5, 5.41) is 15.6. The summed E-state index contributed by atoms with van der Waals surface area (Å²) >= 11 is 8.16. The summed E-state index contributed by atoms with van der Waals surface area (Å²) < 4.78 is 2.53. The molecule has 0 aliphatic rings. The lowest BCUT2D eigenvalue weighted by atomic mass is 9.86. The van der Waals surface area contributed by atoms with Gasteiger partial charge in [0.15, 0.2) is 0 Å². The molecule has 1 heterocycles. The van der Waals surface area contributed by atoms with Crippen molar-refractivity contribution >= 4 is 43.5 Å². The van der Waals surface area contributed by atoms with E-state index in [1.165, 1.54) is 6.33 Å². The largest absolute Gasteiger partial charge is 0.386 e. The third-order valence-corrected chi connectivity index (χ3v) is 4.49. The third-order valence-electron chi connectivity index (χ3n) is 3.07. The smallest absolute Gasteiger partial charge is 0.138 e. The fourth-order valence-electron chi connectivity index (χ4n) is 1.83. The highest BCUT2D eigenvalue weighted by atomic mass is 127. The molecule has 21 heavy (non-hydrogen) atoms. The molecule has 0 bridgehead atoms. The number of hydrogen-bond donors (Lipinski definition) is 1. The first-order chi connectivity index (χ1) is 9.80. The van der Waals surface area contributed by atoms with Crippen LogP contribution in [-0.4, -0.2) is 26.0 Å². The number of aliphatic hydroxyl groups is 1. The van der Waals surface area contributed by atoms with Crippen LogP contribution in [0.5, 0.6) is 0 Å². The Balaban J connectivity index is 2.58. The van der Waals surface area contributed by atoms with Crippen LogP contribution < -0.4 is 0 Å². The average molecular weight is 418 g/mol. The second-order valence-electron chi connectivity index (χ2n) is 5.81. The van der Waals surface area contributed by atoms with E-state index < -0.39 is 6.10 Å². The molecular weight excluding hydrogens is 401 g/mol. The Morgan fingerprint density at radius 3 is 2.38 bits per heavy atom. The SMILES string of the molecule is CC(C)(C)C(O)C(=C(I)c1ccc(Cl)cc1)n1cncn1. The van der Waals surface area contributed by atoms with Crippen molar-refractivity contribution in [2.45, 2.75) is 26.9 Å². The van der Waals surface area contributed by atoms with Gasteiger partial charge in [0.2, 0.25) is 0 Å². The summed E-state index contributed by atoms with van der Waals surface area (Å²) in [6, 6.07) is 7.52. The molecule has 0 aliphatic carbocycles. The van der Waals surface area contributed by atoms with E-state index in [-0.39, 0.29) is 5.41 Å². The van der Waals surface area contributed by atoms with E-state index in [2.05, 4.69) is 32.7 Å². The number of halogens is 2. The van der Waals surface area contributed by atoms with Gasteiger partial charge in [0.25, 0.3) is 0 Å². The Hall–Kier alpha value is -0.920. The van der Waals surface area contributed by atoms with Crippen LogP contribution in [0.4, 0.5) is 0 Å². The van der Waals surface area contributed by atoms with Crippen LogP contribution in [0.15, 0.2) is 36.9 Å². The Bertz CT molecular complexity index is 630. The van der Waals surface area contributed by atoms with Gasteiger partial charge in [-0.25, -0.2) is 9.67 Å². The maximum atomic E-state index is 10.7. The molecule has 6 heteroatoms. The van der Waals surface area contributed by atoms with E-state index in [1.807, 2.05) is 45.0 Å². The van der Waals surface area contributed by atoms with Crippen LogP contribution in [0, 0.1) is 5.41 Å². The monoisotopic (exact) mass is 417 g/mol. The van der Waals surface area contributed by atoms with E-state index in [9.17, 15) is 5.11 Å². The second-order valence-corrected chi connectivity index (χ2v) is 7.33. The highest BCUT2D eigenvalue weighted by Crippen LogP contribution is 2.36. The van der Waals surface area contributed by atoms with Crippen molar-refractivity contribution in [2.75, 3.05) is 0 Å². The maximum Gasteiger partial charge on any atom is 0.138 e. The number of hydrogen-bond acceptors (Lipinski definition) is 3. The van der Waals surface area contributed by atoms with Crippen molar-refractivity contribution in [3.63, 3.8) is 0 Å². The zero-order chi connectivity index (χ0) is 15.6. The number of benzene rings is 1. The molecule has 4 nitrogen and oxygen atoms in total. The van der Waals surface area contributed by atoms with E-state index in [1.54, 1.807) is 11.0 Å². The molecule has 0 amide bonds. The van der Waals surface area contributed by atoms with Crippen LogP contribution in [0.2, 0.25) is 5.02 Å². The normalized spacial score (nSPS) is 14.8. The van der Waals surface area contributed by atoms with E-state index in [0.717, 1.165) is 9.14 Å². The lowest BCUT2D eigenvalue weighted by Gasteiger charge is -2.29. The van der Waals surface area contributed by atoms with Crippen LogP contribution in [0.3, 0.4) is 0 Å². The Labute approximate surface area is 143 Å². The molecule has 1 unspecified atom stereocenters. The van der Waals surface area contributed by atoms with Crippen LogP contribution >= 0.6 is 34.2 Å². The first-order valence-corrected chi connectivity index (χ1v) is 7.95. The number of nitrogens with zero attached hydrogens (tertiary/aromatic N) is 3. The van der Waals surface area contributed by atoms with Gasteiger partial charge >= 0.3 is 0 Å². The van der Waals surface area contributed by atoms with Crippen molar-refractivity contribution in [3.8, 4) is 0 Å². The van der Waals surface area contributed by atoms with Gasteiger partial charge < -0.3 is 5.11 Å². The van der Waals surface area contributed by atoms with Gasteiger partial charge in [0.1, 0.15) is 18.8 Å². The fourth-order valence-corrected chi connectivity index (χ4v) is 2.86. The minimum Gasteiger partial charge on any atom is -0.386 e. The molecule has 2 aromatic rings. The summed E-state index contributed by atoms with van der Waals surface area (Å²) in [6.45, 7) is 5.96. The molecule has 0 saturated heterocycles. The van der Waals surface area contributed by atoms with Crippen LogP contribution in [0.1, 0.15) is 26.3 Å². The highest BCUT2D eigenvalue weighted by molar-refractivity contribution is 14.1. The number of aromatic nitrogens is 3. The molecule has 112 valence electrons. The van der Waals surface area contributed by atoms with Gasteiger partial charge in [0, 0.05) is 8.60 Å². The molecule has 0 fully saturated rings. The molecular formula is C15H17ClIN3O. The molecule has 0 aliphatic heterocycles. The molecule has 2 rings (SSSR count). The van der Waals surface area contributed by atoms with Crippen molar-refractivity contribution < 1.29 is 5.11 Å². The molecule has 1 N–H and O–H groups in total. The Morgan fingerprint density at radius 2 is 1.90 bits per heavy atom. The first-order valence-electron chi connectivity index (χ1n) is 6.49. The summed E-state index contributed by atoms with van der Waals surface area (Å²) in [4.78, 5) is 3.98. The lowest BCUT2D eigenvalue weighted by molar-refractivity contribution is 0.109. The third kappa shape index (κ3) is 3.84. The Kier molecular flexibility index (Phi) is 5.06. The minimum absolute atomic E-state index is 0.315. The van der Waals surface area contributed by atoms with Crippen molar-refractivity contribution in [1.82, 2.24) is 14.8 Å². The van der Waals surface area contributed by atoms with Gasteiger partial charge in [-0.05, 0) is 45.7 Å². The Morgan fingerprint density at radius 1 is 1.29 bits per heavy atom. The van der Waals surface area contributed by atoms with Gasteiger partial charge in [-0.1, -0.05) is 44.5 Å². The second kappa shape index (κ2) is 6.46. The highest BCUT2D eigenvalue weighted by Gasteiger charge is 2.29. The van der Waals surface area contributed by atoms with Crippen LogP contribution in [-0.2, 0) is 0 Å². The molecule has 0 spiro atoms. The summed E-state index contributed by atoms with van der Waals surface area (Å²) in [5.74, 6) is 0. The quantitative estimate of drug-likeness (QED) is 0.765. The first kappa shape index (κ1) is 16.5. The molecule has 1 aromatic heterocycles. The predicted molar refractivity (Wildman–Crippen MR) is 94.1 cm³/mol. The van der Waals surface area contributed by atoms with Crippen molar-refractivity contribution in [3.05, 3.63) is 47.5 Å². The average Bonchev–Trinajstić information content (AvgIpc) is 2.92. The molecule has 0 saturated carbocycles.